The molecule has 3 rings (SSSR count). The summed E-state index contributed by atoms with van der Waals surface area (Å²) in [4.78, 5) is 16.3. The van der Waals surface area contributed by atoms with Gasteiger partial charge in [-0.3, -0.25) is 9.69 Å². The van der Waals surface area contributed by atoms with Crippen LogP contribution in [0.1, 0.15) is 37.1 Å². The van der Waals surface area contributed by atoms with Crippen molar-refractivity contribution in [2.45, 2.75) is 38.3 Å². The van der Waals surface area contributed by atoms with E-state index < -0.39 is 0 Å². The molecule has 2 heterocycles. The van der Waals surface area contributed by atoms with Crippen LogP contribution in [0.25, 0.3) is 0 Å². The summed E-state index contributed by atoms with van der Waals surface area (Å²) < 4.78 is 5.20. The van der Waals surface area contributed by atoms with Crippen molar-refractivity contribution >= 4 is 22.9 Å². The van der Waals surface area contributed by atoms with Gasteiger partial charge in [-0.25, -0.2) is 0 Å². The molecular formula is C21H29N3O2S. The van der Waals surface area contributed by atoms with Crippen LogP contribution in [0.3, 0.4) is 0 Å². The van der Waals surface area contributed by atoms with Crippen LogP contribution in [-0.4, -0.2) is 43.6 Å². The minimum Gasteiger partial charge on any atom is -0.497 e. The average Bonchev–Trinajstić information content (AvgIpc) is 3.36. The van der Waals surface area contributed by atoms with Gasteiger partial charge in [-0.15, -0.1) is 11.3 Å². The molecule has 0 spiro atoms. The molecule has 0 saturated carbocycles. The summed E-state index contributed by atoms with van der Waals surface area (Å²) in [6, 6.07) is 12.3. The lowest BCUT2D eigenvalue weighted by atomic mass is 10.1. The first kappa shape index (κ1) is 19.9. The SMILES string of the molecule is COc1cccc(NC(=O)C[C@H](C)NC[C@@H](c2cccs2)N2CCCC2)c1. The number of methoxy groups -OCH3 is 1. The molecule has 6 heteroatoms. The number of ether oxygens (including phenoxy) is 1. The number of nitrogens with one attached hydrogen (secondary N) is 2. The first-order valence-corrected chi connectivity index (χ1v) is 10.5. The summed E-state index contributed by atoms with van der Waals surface area (Å²) in [6.07, 6.45) is 3.00. The largest absolute Gasteiger partial charge is 0.497 e. The molecule has 1 saturated heterocycles. The molecule has 1 aromatic carbocycles. The summed E-state index contributed by atoms with van der Waals surface area (Å²) in [5, 5.41) is 8.66. The van der Waals surface area contributed by atoms with Gasteiger partial charge in [0.05, 0.1) is 13.2 Å². The van der Waals surface area contributed by atoms with E-state index in [9.17, 15) is 4.79 Å². The maximum absolute atomic E-state index is 12.4. The highest BCUT2D eigenvalue weighted by molar-refractivity contribution is 7.10. The number of thiophene rings is 1. The molecule has 1 fully saturated rings. The lowest BCUT2D eigenvalue weighted by Crippen LogP contribution is -2.38. The predicted octanol–water partition coefficient (Wildman–Crippen LogP) is 3.90. The highest BCUT2D eigenvalue weighted by Gasteiger charge is 2.24. The van der Waals surface area contributed by atoms with Crippen LogP contribution >= 0.6 is 11.3 Å². The smallest absolute Gasteiger partial charge is 0.225 e. The first-order chi connectivity index (χ1) is 13.2. The van der Waals surface area contributed by atoms with Crippen molar-refractivity contribution in [3.05, 3.63) is 46.7 Å². The van der Waals surface area contributed by atoms with E-state index in [1.165, 1.54) is 17.7 Å². The Hall–Kier alpha value is -1.89. The molecule has 0 bridgehead atoms. The van der Waals surface area contributed by atoms with Crippen LogP contribution in [-0.2, 0) is 4.79 Å². The number of nitrogens with zero attached hydrogens (tertiary/aromatic N) is 1. The van der Waals surface area contributed by atoms with Crippen molar-refractivity contribution in [1.29, 1.82) is 0 Å². The molecular weight excluding hydrogens is 358 g/mol. The van der Waals surface area contributed by atoms with Crippen molar-refractivity contribution in [2.75, 3.05) is 32.1 Å². The highest BCUT2D eigenvalue weighted by Crippen LogP contribution is 2.28. The third-order valence-corrected chi connectivity index (χ3v) is 5.93. The third-order valence-electron chi connectivity index (χ3n) is 4.96. The molecule has 1 amide bonds. The zero-order chi connectivity index (χ0) is 19.1. The second-order valence-electron chi connectivity index (χ2n) is 7.07. The van der Waals surface area contributed by atoms with Crippen LogP contribution in [0.2, 0.25) is 0 Å². The van der Waals surface area contributed by atoms with Gasteiger partial charge in [0.15, 0.2) is 0 Å². The molecule has 5 nitrogen and oxygen atoms in total. The minimum absolute atomic E-state index is 0.0112. The van der Waals surface area contributed by atoms with Crippen molar-refractivity contribution in [3.8, 4) is 5.75 Å². The number of benzene rings is 1. The summed E-state index contributed by atoms with van der Waals surface area (Å²) in [5.41, 5.74) is 0.764. The van der Waals surface area contributed by atoms with Crippen molar-refractivity contribution in [2.24, 2.45) is 0 Å². The number of hydrogen-bond donors (Lipinski definition) is 2. The summed E-state index contributed by atoms with van der Waals surface area (Å²) in [5.74, 6) is 0.750. The number of anilines is 1. The maximum Gasteiger partial charge on any atom is 0.225 e. The molecule has 1 aromatic heterocycles. The van der Waals surface area contributed by atoms with Crippen LogP contribution in [0, 0.1) is 0 Å². The zero-order valence-electron chi connectivity index (χ0n) is 16.1. The summed E-state index contributed by atoms with van der Waals surface area (Å²) in [7, 11) is 1.62. The minimum atomic E-state index is 0.0112. The molecule has 0 radical (unpaired) electrons. The van der Waals surface area contributed by atoms with Gasteiger partial charge in [0.2, 0.25) is 5.91 Å². The van der Waals surface area contributed by atoms with Crippen LogP contribution in [0.4, 0.5) is 5.69 Å². The second kappa shape index (κ2) is 9.88. The number of carbonyl (C=O) groups excluding carboxylic acids is 1. The fourth-order valence-electron chi connectivity index (χ4n) is 3.52. The van der Waals surface area contributed by atoms with Gasteiger partial charge in [0, 0.05) is 35.6 Å². The molecule has 2 N–H and O–H groups in total. The van der Waals surface area contributed by atoms with E-state index in [1.54, 1.807) is 7.11 Å². The topological polar surface area (TPSA) is 53.6 Å². The monoisotopic (exact) mass is 387 g/mol. The average molecular weight is 388 g/mol. The van der Waals surface area contributed by atoms with Gasteiger partial charge >= 0.3 is 0 Å². The number of rotatable bonds is 9. The Bertz CT molecular complexity index is 714. The molecule has 2 atom stereocenters. The van der Waals surface area contributed by atoms with Crippen LogP contribution in [0.15, 0.2) is 41.8 Å². The Morgan fingerprint density at radius 3 is 2.78 bits per heavy atom. The second-order valence-corrected chi connectivity index (χ2v) is 8.05. The Kier molecular flexibility index (Phi) is 7.26. The van der Waals surface area contributed by atoms with Crippen LogP contribution < -0.4 is 15.4 Å². The van der Waals surface area contributed by atoms with Crippen molar-refractivity contribution in [1.82, 2.24) is 10.2 Å². The lowest BCUT2D eigenvalue weighted by molar-refractivity contribution is -0.116. The van der Waals surface area contributed by atoms with E-state index in [-0.39, 0.29) is 11.9 Å². The highest BCUT2D eigenvalue weighted by atomic mass is 32.1. The van der Waals surface area contributed by atoms with E-state index >= 15 is 0 Å². The molecule has 0 unspecified atom stereocenters. The van der Waals surface area contributed by atoms with E-state index in [4.69, 9.17) is 4.74 Å². The zero-order valence-corrected chi connectivity index (χ0v) is 16.9. The van der Waals surface area contributed by atoms with E-state index in [1.807, 2.05) is 35.6 Å². The Labute approximate surface area is 165 Å². The van der Waals surface area contributed by atoms with Gasteiger partial charge in [-0.05, 0) is 56.4 Å². The fraction of sp³-hybridized carbons (Fsp3) is 0.476. The summed E-state index contributed by atoms with van der Waals surface area (Å²) >= 11 is 1.82. The molecule has 2 aromatic rings. The molecule has 146 valence electrons. The Morgan fingerprint density at radius 1 is 1.26 bits per heavy atom. The van der Waals surface area contributed by atoms with Gasteiger partial charge in [0.1, 0.15) is 5.75 Å². The molecule has 1 aliphatic rings. The predicted molar refractivity (Wildman–Crippen MR) is 112 cm³/mol. The first-order valence-electron chi connectivity index (χ1n) is 9.60. The lowest BCUT2D eigenvalue weighted by Gasteiger charge is -2.28. The maximum atomic E-state index is 12.4. The summed E-state index contributed by atoms with van der Waals surface area (Å²) in [6.45, 7) is 5.26. The fourth-order valence-corrected chi connectivity index (χ4v) is 4.38. The number of amides is 1. The van der Waals surface area contributed by atoms with Crippen molar-refractivity contribution in [3.63, 3.8) is 0 Å². The third kappa shape index (κ3) is 5.79. The van der Waals surface area contributed by atoms with Gasteiger partial charge in [-0.1, -0.05) is 12.1 Å². The van der Waals surface area contributed by atoms with Crippen molar-refractivity contribution < 1.29 is 9.53 Å². The van der Waals surface area contributed by atoms with Gasteiger partial charge in [0.25, 0.3) is 0 Å². The van der Waals surface area contributed by atoms with Gasteiger partial charge < -0.3 is 15.4 Å². The molecule has 1 aliphatic heterocycles. The van der Waals surface area contributed by atoms with Crippen LogP contribution in [0.5, 0.6) is 5.75 Å². The quantitative estimate of drug-likeness (QED) is 0.685. The Balaban J connectivity index is 1.50. The Morgan fingerprint density at radius 2 is 2.07 bits per heavy atom. The van der Waals surface area contributed by atoms with E-state index in [0.717, 1.165) is 31.1 Å². The number of hydrogen-bond acceptors (Lipinski definition) is 5. The molecule has 27 heavy (non-hydrogen) atoms. The van der Waals surface area contributed by atoms with E-state index in [2.05, 4.69) is 40.0 Å². The normalized spacial score (nSPS) is 16.8. The number of likely N-dealkylation sites (tertiary alicyclic amines) is 1. The van der Waals surface area contributed by atoms with Gasteiger partial charge in [-0.2, -0.15) is 0 Å². The standard InChI is InChI=1S/C21H29N3O2S/c1-16(13-21(25)23-17-7-5-8-18(14-17)26-2)22-15-19(20-9-6-12-27-20)24-10-3-4-11-24/h5-9,12,14,16,19,22H,3-4,10-11,13,15H2,1-2H3,(H,23,25)/t16-,19-/m0/s1. The molecule has 0 aliphatic carbocycles. The van der Waals surface area contributed by atoms with E-state index in [0.29, 0.717) is 12.5 Å². The number of carbonyl (C=O) groups is 1.